The van der Waals surface area contributed by atoms with Crippen LogP contribution in [0.25, 0.3) is 0 Å². The summed E-state index contributed by atoms with van der Waals surface area (Å²) in [4.78, 5) is 29.1. The number of benzene rings is 2. The highest BCUT2D eigenvalue weighted by molar-refractivity contribution is 5.96. The van der Waals surface area contributed by atoms with Crippen molar-refractivity contribution in [2.24, 2.45) is 0 Å². The van der Waals surface area contributed by atoms with Gasteiger partial charge in [-0.1, -0.05) is 12.1 Å². The summed E-state index contributed by atoms with van der Waals surface area (Å²) < 4.78 is 37.0. The molecule has 32 heavy (non-hydrogen) atoms. The molecule has 2 aromatic carbocycles. The maximum Gasteiger partial charge on any atom is 0.254 e. The molecular formula is C24H24F2N2O4. The lowest BCUT2D eigenvalue weighted by molar-refractivity contribution is -0.133. The van der Waals surface area contributed by atoms with Gasteiger partial charge in [0.1, 0.15) is 23.9 Å². The van der Waals surface area contributed by atoms with E-state index in [1.54, 1.807) is 24.3 Å². The minimum absolute atomic E-state index is 0.184. The normalized spacial score (nSPS) is 10.7. The molecule has 0 atom stereocenters. The fourth-order valence-corrected chi connectivity index (χ4v) is 3.13. The summed E-state index contributed by atoms with van der Waals surface area (Å²) >= 11 is 0. The summed E-state index contributed by atoms with van der Waals surface area (Å²) in [7, 11) is 1.50. The number of carbonyl (C=O) groups excluding carboxylic acids is 2. The van der Waals surface area contributed by atoms with Crippen LogP contribution in [0.1, 0.15) is 21.7 Å². The van der Waals surface area contributed by atoms with Crippen molar-refractivity contribution in [2.45, 2.75) is 13.1 Å². The maximum atomic E-state index is 13.3. The average Bonchev–Trinajstić information content (AvgIpc) is 3.30. The summed E-state index contributed by atoms with van der Waals surface area (Å²) in [6.45, 7) is 0.607. The van der Waals surface area contributed by atoms with Crippen LogP contribution in [0.3, 0.4) is 0 Å². The molecule has 0 fully saturated rings. The predicted octanol–water partition coefficient (Wildman–Crippen LogP) is 3.88. The fraction of sp³-hybridized carbons (Fsp3) is 0.250. The zero-order valence-corrected chi connectivity index (χ0v) is 17.7. The highest BCUT2D eigenvalue weighted by Crippen LogP contribution is 2.14. The van der Waals surface area contributed by atoms with Crippen LogP contribution in [0.15, 0.2) is 71.3 Å². The van der Waals surface area contributed by atoms with Gasteiger partial charge in [-0.15, -0.1) is 0 Å². The van der Waals surface area contributed by atoms with Gasteiger partial charge in [-0.2, -0.15) is 0 Å². The standard InChI is InChI=1S/C24H24F2N2O4/c1-31-14-12-27(24(30)19-6-10-21(26)11-7-19)17-23(29)28(16-22-3-2-13-32-22)15-18-4-8-20(25)9-5-18/h2-11,13H,12,14-17H2,1H3. The van der Waals surface area contributed by atoms with Crippen LogP contribution in [-0.4, -0.2) is 48.4 Å². The zero-order chi connectivity index (χ0) is 22.9. The monoisotopic (exact) mass is 442 g/mol. The Kier molecular flexibility index (Phi) is 8.10. The van der Waals surface area contributed by atoms with Crippen molar-refractivity contribution in [3.63, 3.8) is 0 Å². The van der Waals surface area contributed by atoms with Crippen molar-refractivity contribution in [3.8, 4) is 0 Å². The van der Waals surface area contributed by atoms with Crippen molar-refractivity contribution in [3.05, 3.63) is 95.4 Å². The molecule has 3 aromatic rings. The molecule has 2 amide bonds. The molecule has 1 heterocycles. The highest BCUT2D eigenvalue weighted by atomic mass is 19.1. The number of nitrogens with zero attached hydrogens (tertiary/aromatic N) is 2. The van der Waals surface area contributed by atoms with E-state index in [-0.39, 0.29) is 50.1 Å². The van der Waals surface area contributed by atoms with Crippen molar-refractivity contribution >= 4 is 11.8 Å². The molecule has 0 saturated carbocycles. The van der Waals surface area contributed by atoms with Crippen LogP contribution in [0.2, 0.25) is 0 Å². The second-order valence-corrected chi connectivity index (χ2v) is 7.18. The Labute approximate surface area is 185 Å². The lowest BCUT2D eigenvalue weighted by Gasteiger charge is -2.27. The largest absolute Gasteiger partial charge is 0.467 e. The number of ether oxygens (including phenoxy) is 1. The first-order valence-electron chi connectivity index (χ1n) is 10.0. The first-order chi connectivity index (χ1) is 15.5. The molecule has 0 saturated heterocycles. The molecule has 0 unspecified atom stereocenters. The summed E-state index contributed by atoms with van der Waals surface area (Å²) in [5.41, 5.74) is 1.01. The number of carbonyl (C=O) groups is 2. The van der Waals surface area contributed by atoms with Gasteiger partial charge < -0.3 is 19.0 Å². The molecule has 0 bridgehead atoms. The minimum atomic E-state index is -0.454. The molecule has 0 spiro atoms. The summed E-state index contributed by atoms with van der Waals surface area (Å²) in [5.74, 6) is -0.973. The van der Waals surface area contributed by atoms with Gasteiger partial charge in [0.05, 0.1) is 19.4 Å². The summed E-state index contributed by atoms with van der Waals surface area (Å²) in [6, 6.07) is 14.5. The van der Waals surface area contributed by atoms with Crippen molar-refractivity contribution < 1.29 is 27.5 Å². The predicted molar refractivity (Wildman–Crippen MR) is 114 cm³/mol. The van der Waals surface area contributed by atoms with Crippen LogP contribution in [-0.2, 0) is 22.6 Å². The SMILES string of the molecule is COCCN(CC(=O)N(Cc1ccc(F)cc1)Cc1ccco1)C(=O)c1ccc(F)cc1. The average molecular weight is 442 g/mol. The first kappa shape index (κ1) is 23.1. The Morgan fingerprint density at radius 2 is 1.56 bits per heavy atom. The molecule has 0 N–H and O–H groups in total. The van der Waals surface area contributed by atoms with Crippen molar-refractivity contribution in [1.82, 2.24) is 9.80 Å². The van der Waals surface area contributed by atoms with E-state index >= 15 is 0 Å². The molecule has 6 nitrogen and oxygen atoms in total. The van der Waals surface area contributed by atoms with E-state index in [1.165, 1.54) is 59.6 Å². The Morgan fingerprint density at radius 3 is 2.16 bits per heavy atom. The van der Waals surface area contributed by atoms with Gasteiger partial charge in [0, 0.05) is 25.8 Å². The van der Waals surface area contributed by atoms with Crippen molar-refractivity contribution in [2.75, 3.05) is 26.8 Å². The van der Waals surface area contributed by atoms with Crippen LogP contribution in [0.4, 0.5) is 8.78 Å². The molecular weight excluding hydrogens is 418 g/mol. The molecule has 1 aromatic heterocycles. The van der Waals surface area contributed by atoms with Crippen LogP contribution in [0, 0.1) is 11.6 Å². The number of furan rings is 1. The number of rotatable bonds is 10. The Balaban J connectivity index is 1.78. The van der Waals surface area contributed by atoms with Crippen LogP contribution in [0.5, 0.6) is 0 Å². The van der Waals surface area contributed by atoms with E-state index in [0.29, 0.717) is 5.76 Å². The summed E-state index contributed by atoms with van der Waals surface area (Å²) in [6.07, 6.45) is 1.51. The first-order valence-corrected chi connectivity index (χ1v) is 10.0. The third-order valence-electron chi connectivity index (χ3n) is 4.84. The number of methoxy groups -OCH3 is 1. The summed E-state index contributed by atoms with van der Waals surface area (Å²) in [5, 5.41) is 0. The number of amides is 2. The lowest BCUT2D eigenvalue weighted by atomic mass is 10.2. The van der Waals surface area contributed by atoms with Crippen LogP contribution < -0.4 is 0 Å². The Hall–Kier alpha value is -3.52. The molecule has 8 heteroatoms. The van der Waals surface area contributed by atoms with E-state index < -0.39 is 11.7 Å². The minimum Gasteiger partial charge on any atom is -0.467 e. The number of hydrogen-bond acceptors (Lipinski definition) is 4. The number of hydrogen-bond donors (Lipinski definition) is 0. The topological polar surface area (TPSA) is 63.0 Å². The smallest absolute Gasteiger partial charge is 0.254 e. The Bertz CT molecular complexity index is 1010. The lowest BCUT2D eigenvalue weighted by Crippen LogP contribution is -2.43. The van der Waals surface area contributed by atoms with E-state index in [0.717, 1.165) is 5.56 Å². The van der Waals surface area contributed by atoms with Gasteiger partial charge in [-0.05, 0) is 54.1 Å². The van der Waals surface area contributed by atoms with Crippen molar-refractivity contribution in [1.29, 1.82) is 0 Å². The molecule has 168 valence electrons. The van der Waals surface area contributed by atoms with Gasteiger partial charge in [0.2, 0.25) is 5.91 Å². The number of halogens is 2. The maximum absolute atomic E-state index is 13.3. The second-order valence-electron chi connectivity index (χ2n) is 7.18. The zero-order valence-electron chi connectivity index (χ0n) is 17.7. The van der Waals surface area contributed by atoms with E-state index in [4.69, 9.17) is 9.15 Å². The van der Waals surface area contributed by atoms with E-state index in [9.17, 15) is 18.4 Å². The molecule has 0 aliphatic heterocycles. The molecule has 0 aliphatic carbocycles. The van der Waals surface area contributed by atoms with Gasteiger partial charge in [-0.25, -0.2) is 8.78 Å². The fourth-order valence-electron chi connectivity index (χ4n) is 3.13. The third-order valence-corrected chi connectivity index (χ3v) is 4.84. The molecule has 0 aliphatic rings. The second kappa shape index (κ2) is 11.2. The van der Waals surface area contributed by atoms with Gasteiger partial charge in [-0.3, -0.25) is 9.59 Å². The highest BCUT2D eigenvalue weighted by Gasteiger charge is 2.23. The van der Waals surface area contributed by atoms with E-state index in [2.05, 4.69) is 0 Å². The van der Waals surface area contributed by atoms with Crippen LogP contribution >= 0.6 is 0 Å². The quantitative estimate of drug-likeness (QED) is 0.478. The molecule has 0 radical (unpaired) electrons. The van der Waals surface area contributed by atoms with Gasteiger partial charge in [0.25, 0.3) is 5.91 Å². The Morgan fingerprint density at radius 1 is 0.906 bits per heavy atom. The van der Waals surface area contributed by atoms with Gasteiger partial charge in [0.15, 0.2) is 0 Å². The van der Waals surface area contributed by atoms with Gasteiger partial charge >= 0.3 is 0 Å². The van der Waals surface area contributed by atoms with E-state index in [1.807, 2.05) is 0 Å². The third kappa shape index (κ3) is 6.49. The molecule has 3 rings (SSSR count).